The first-order valence-electron chi connectivity index (χ1n) is 5.68. The van der Waals surface area contributed by atoms with Crippen molar-refractivity contribution in [1.29, 1.82) is 0 Å². The van der Waals surface area contributed by atoms with Gasteiger partial charge in [0.05, 0.1) is 0 Å². The zero-order valence-corrected chi connectivity index (χ0v) is 9.65. The number of benzene rings is 1. The van der Waals surface area contributed by atoms with Crippen LogP contribution in [0.2, 0.25) is 0 Å². The van der Waals surface area contributed by atoms with Gasteiger partial charge in [-0.2, -0.15) is 0 Å². The second-order valence-corrected chi connectivity index (χ2v) is 4.14. The minimum absolute atomic E-state index is 0.0476. The van der Waals surface area contributed by atoms with E-state index in [0.29, 0.717) is 5.56 Å². The first kappa shape index (κ1) is 12.3. The molecule has 0 aromatic heterocycles. The zero-order valence-electron chi connectivity index (χ0n) is 9.65. The molecule has 0 radical (unpaired) electrons. The summed E-state index contributed by atoms with van der Waals surface area (Å²) in [5.41, 5.74) is 5.33. The van der Waals surface area contributed by atoms with Crippen molar-refractivity contribution in [2.24, 2.45) is 5.92 Å². The van der Waals surface area contributed by atoms with Gasteiger partial charge in [0.2, 0.25) is 5.91 Å². The monoisotopic (exact) mass is 248 g/mol. The number of carbonyl (C=O) groups is 2. The molecule has 0 unspecified atom stereocenters. The van der Waals surface area contributed by atoms with Crippen LogP contribution >= 0.6 is 0 Å². The van der Waals surface area contributed by atoms with Gasteiger partial charge in [-0.15, -0.1) is 0 Å². The van der Waals surface area contributed by atoms with Gasteiger partial charge in [0.25, 0.3) is 5.91 Å². The Bertz CT molecular complexity index is 478. The average Bonchev–Trinajstić information content (AvgIpc) is 3.19. The van der Waals surface area contributed by atoms with Gasteiger partial charge in [-0.1, -0.05) is 12.1 Å². The highest BCUT2D eigenvalue weighted by Gasteiger charge is 2.29. The van der Waals surface area contributed by atoms with Gasteiger partial charge in [-0.05, 0) is 36.6 Å². The van der Waals surface area contributed by atoms with Crippen LogP contribution in [0.15, 0.2) is 30.3 Å². The minimum Gasteiger partial charge on any atom is -0.273 e. The normalized spacial score (nSPS) is 14.5. The smallest absolute Gasteiger partial charge is 0.262 e. The van der Waals surface area contributed by atoms with Crippen LogP contribution in [0, 0.1) is 11.7 Å². The highest BCUT2D eigenvalue weighted by atomic mass is 19.1. The molecule has 1 saturated carbocycles. The molecule has 0 saturated heterocycles. The molecule has 4 nitrogen and oxygen atoms in total. The highest BCUT2D eigenvalue weighted by molar-refractivity contribution is 5.93. The van der Waals surface area contributed by atoms with E-state index in [4.69, 9.17) is 0 Å². The molecule has 1 aliphatic carbocycles. The molecular formula is C13H13FN2O2. The number of nitrogens with one attached hydrogen (secondary N) is 2. The third-order valence-corrected chi connectivity index (χ3v) is 2.55. The molecule has 2 rings (SSSR count). The second kappa shape index (κ2) is 5.44. The molecule has 2 N–H and O–H groups in total. The predicted octanol–water partition coefficient (Wildman–Crippen LogP) is 1.40. The molecule has 1 fully saturated rings. The minimum atomic E-state index is -0.423. The molecule has 0 atom stereocenters. The topological polar surface area (TPSA) is 58.2 Å². The van der Waals surface area contributed by atoms with E-state index < -0.39 is 5.91 Å². The van der Waals surface area contributed by atoms with Crippen LogP contribution in [-0.4, -0.2) is 11.8 Å². The molecule has 0 bridgehead atoms. The van der Waals surface area contributed by atoms with E-state index in [1.807, 2.05) is 0 Å². The third-order valence-electron chi connectivity index (χ3n) is 2.55. The van der Waals surface area contributed by atoms with Gasteiger partial charge in [0, 0.05) is 12.0 Å². The van der Waals surface area contributed by atoms with Crippen LogP contribution in [0.4, 0.5) is 4.39 Å². The van der Waals surface area contributed by atoms with Crippen molar-refractivity contribution >= 4 is 17.9 Å². The fourth-order valence-electron chi connectivity index (χ4n) is 1.36. The fraction of sp³-hybridized carbons (Fsp3) is 0.231. The summed E-state index contributed by atoms with van der Waals surface area (Å²) >= 11 is 0. The van der Waals surface area contributed by atoms with Crippen molar-refractivity contribution in [1.82, 2.24) is 10.9 Å². The van der Waals surface area contributed by atoms with Crippen LogP contribution in [0.25, 0.3) is 6.08 Å². The number of hydrogen-bond acceptors (Lipinski definition) is 2. The maximum absolute atomic E-state index is 12.6. The Morgan fingerprint density at radius 1 is 1.17 bits per heavy atom. The van der Waals surface area contributed by atoms with Gasteiger partial charge in [0.1, 0.15) is 5.82 Å². The van der Waals surface area contributed by atoms with Crippen LogP contribution in [0.3, 0.4) is 0 Å². The van der Waals surface area contributed by atoms with E-state index in [0.717, 1.165) is 12.8 Å². The molecule has 5 heteroatoms. The molecule has 1 aromatic rings. The van der Waals surface area contributed by atoms with Crippen LogP contribution in [0.5, 0.6) is 0 Å². The van der Waals surface area contributed by atoms with Gasteiger partial charge in [0.15, 0.2) is 0 Å². The molecule has 1 aliphatic rings. The molecule has 2 amide bonds. The summed E-state index contributed by atoms with van der Waals surface area (Å²) < 4.78 is 12.6. The summed E-state index contributed by atoms with van der Waals surface area (Å²) in [6, 6.07) is 5.74. The molecule has 0 heterocycles. The SMILES string of the molecule is O=C(/C=C/c1ccc(F)cc1)NNC(=O)C1CC1. The van der Waals surface area contributed by atoms with Crippen LogP contribution in [0.1, 0.15) is 18.4 Å². The van der Waals surface area contributed by atoms with Crippen molar-refractivity contribution in [3.05, 3.63) is 41.7 Å². The van der Waals surface area contributed by atoms with E-state index in [1.54, 1.807) is 12.1 Å². The Morgan fingerprint density at radius 3 is 2.44 bits per heavy atom. The number of hydrogen-bond donors (Lipinski definition) is 2. The van der Waals surface area contributed by atoms with Crippen LogP contribution < -0.4 is 10.9 Å². The van der Waals surface area contributed by atoms with Gasteiger partial charge in [-0.3, -0.25) is 20.4 Å². The Kier molecular flexibility index (Phi) is 3.72. The summed E-state index contributed by atoms with van der Waals surface area (Å²) in [5.74, 6) is -0.855. The maximum Gasteiger partial charge on any atom is 0.262 e. The summed E-state index contributed by atoms with van der Waals surface area (Å²) in [7, 11) is 0. The molecule has 18 heavy (non-hydrogen) atoms. The number of carbonyl (C=O) groups excluding carboxylic acids is 2. The van der Waals surface area contributed by atoms with E-state index >= 15 is 0 Å². The van der Waals surface area contributed by atoms with E-state index in [-0.39, 0.29) is 17.6 Å². The summed E-state index contributed by atoms with van der Waals surface area (Å²) in [4.78, 5) is 22.6. The fourth-order valence-corrected chi connectivity index (χ4v) is 1.36. The summed E-state index contributed by atoms with van der Waals surface area (Å²) in [6.07, 6.45) is 4.58. The maximum atomic E-state index is 12.6. The zero-order chi connectivity index (χ0) is 13.0. The average molecular weight is 248 g/mol. The van der Waals surface area contributed by atoms with Crippen molar-refractivity contribution < 1.29 is 14.0 Å². The lowest BCUT2D eigenvalue weighted by atomic mass is 10.2. The lowest BCUT2D eigenvalue weighted by Crippen LogP contribution is -2.41. The van der Waals surface area contributed by atoms with Crippen LogP contribution in [-0.2, 0) is 9.59 Å². The highest BCUT2D eigenvalue weighted by Crippen LogP contribution is 2.28. The molecule has 0 spiro atoms. The van der Waals surface area contributed by atoms with E-state index in [2.05, 4.69) is 10.9 Å². The van der Waals surface area contributed by atoms with Crippen molar-refractivity contribution in [2.75, 3.05) is 0 Å². The van der Waals surface area contributed by atoms with Crippen molar-refractivity contribution in [2.45, 2.75) is 12.8 Å². The van der Waals surface area contributed by atoms with Gasteiger partial charge >= 0.3 is 0 Å². The number of halogens is 1. The van der Waals surface area contributed by atoms with Gasteiger partial charge < -0.3 is 0 Å². The molecule has 94 valence electrons. The number of hydrazine groups is 1. The van der Waals surface area contributed by atoms with Crippen molar-refractivity contribution in [3.63, 3.8) is 0 Å². The number of amides is 2. The third kappa shape index (κ3) is 3.69. The lowest BCUT2D eigenvalue weighted by molar-refractivity contribution is -0.127. The Balaban J connectivity index is 1.79. The summed E-state index contributed by atoms with van der Waals surface area (Å²) in [5, 5.41) is 0. The first-order valence-corrected chi connectivity index (χ1v) is 5.68. The molecule has 0 aliphatic heterocycles. The van der Waals surface area contributed by atoms with E-state index in [1.165, 1.54) is 24.3 Å². The van der Waals surface area contributed by atoms with Gasteiger partial charge in [-0.25, -0.2) is 4.39 Å². The lowest BCUT2D eigenvalue weighted by Gasteiger charge is -2.03. The van der Waals surface area contributed by atoms with E-state index in [9.17, 15) is 14.0 Å². The largest absolute Gasteiger partial charge is 0.273 e. The quantitative estimate of drug-likeness (QED) is 0.627. The standard InChI is InChI=1S/C13H13FN2O2/c14-11-6-1-9(2-7-11)3-8-12(17)15-16-13(18)10-4-5-10/h1-3,6-8,10H,4-5H2,(H,15,17)(H,16,18)/b8-3+. The predicted molar refractivity (Wildman–Crippen MR) is 64.4 cm³/mol. The van der Waals surface area contributed by atoms with Crippen molar-refractivity contribution in [3.8, 4) is 0 Å². The Hall–Kier alpha value is -2.17. The summed E-state index contributed by atoms with van der Waals surface area (Å²) in [6.45, 7) is 0. The Morgan fingerprint density at radius 2 is 1.83 bits per heavy atom. The number of rotatable bonds is 3. The molecule has 1 aromatic carbocycles. The molecular weight excluding hydrogens is 235 g/mol. The second-order valence-electron chi connectivity index (χ2n) is 4.14. The first-order chi connectivity index (χ1) is 8.65. The Labute approximate surface area is 104 Å².